The van der Waals surface area contributed by atoms with E-state index < -0.39 is 33.7 Å². The summed E-state index contributed by atoms with van der Waals surface area (Å²) in [5.74, 6) is -0.501. The lowest BCUT2D eigenvalue weighted by Crippen LogP contribution is -2.39. The Labute approximate surface area is 161 Å². The van der Waals surface area contributed by atoms with E-state index in [1.807, 2.05) is 0 Å². The van der Waals surface area contributed by atoms with E-state index in [1.165, 1.54) is 61.3 Å². The van der Waals surface area contributed by atoms with Crippen molar-refractivity contribution >= 4 is 21.6 Å². The molecule has 0 fully saturated rings. The van der Waals surface area contributed by atoms with Gasteiger partial charge in [0.2, 0.25) is 15.9 Å². The number of primary sulfonamides is 1. The van der Waals surface area contributed by atoms with Crippen LogP contribution in [0.25, 0.3) is 0 Å². The number of hydrogen-bond acceptors (Lipinski definition) is 4. The lowest BCUT2D eigenvalue weighted by molar-refractivity contribution is -0.138. The standard InChI is InChI=1S/C18H20F3N3O3S/c1-12(17(25)23-14-7-5-8-15(10-14)28(22,26)27)24(2)11-13-6-3-4-9-16(13)18(19,20)21/h3-10,12H,11H2,1-2H3,(H,23,25)(H2,22,26,27). The third-order valence-corrected chi connectivity index (χ3v) is 5.12. The second-order valence-corrected chi connectivity index (χ2v) is 7.87. The molecule has 0 aliphatic carbocycles. The average Bonchev–Trinajstić information content (AvgIpc) is 2.60. The number of nitrogens with zero attached hydrogens (tertiary/aromatic N) is 1. The van der Waals surface area contributed by atoms with Gasteiger partial charge in [0.15, 0.2) is 0 Å². The van der Waals surface area contributed by atoms with Crippen LogP contribution in [0.15, 0.2) is 53.4 Å². The molecule has 0 radical (unpaired) electrons. The minimum absolute atomic E-state index is 0.0494. The van der Waals surface area contributed by atoms with Gasteiger partial charge in [0.25, 0.3) is 0 Å². The zero-order valence-electron chi connectivity index (χ0n) is 15.2. The molecule has 1 amide bonds. The van der Waals surface area contributed by atoms with Gasteiger partial charge in [-0.1, -0.05) is 24.3 Å². The molecule has 0 aliphatic heterocycles. The van der Waals surface area contributed by atoms with Crippen LogP contribution in [0.2, 0.25) is 0 Å². The van der Waals surface area contributed by atoms with Gasteiger partial charge in [-0.05, 0) is 43.8 Å². The largest absolute Gasteiger partial charge is 0.416 e. The molecule has 28 heavy (non-hydrogen) atoms. The molecule has 2 aromatic carbocycles. The van der Waals surface area contributed by atoms with E-state index in [0.717, 1.165) is 6.07 Å². The number of amides is 1. The normalized spacial score (nSPS) is 13.4. The topological polar surface area (TPSA) is 92.5 Å². The molecule has 0 aromatic heterocycles. The number of nitrogens with one attached hydrogen (secondary N) is 1. The van der Waals surface area contributed by atoms with Crippen molar-refractivity contribution in [2.24, 2.45) is 5.14 Å². The van der Waals surface area contributed by atoms with Crippen LogP contribution < -0.4 is 10.5 Å². The van der Waals surface area contributed by atoms with E-state index in [1.54, 1.807) is 0 Å². The van der Waals surface area contributed by atoms with E-state index in [-0.39, 0.29) is 22.7 Å². The molecule has 2 rings (SSSR count). The number of benzene rings is 2. The quantitative estimate of drug-likeness (QED) is 0.759. The fourth-order valence-electron chi connectivity index (χ4n) is 2.54. The van der Waals surface area contributed by atoms with Gasteiger partial charge in [-0.2, -0.15) is 13.2 Å². The summed E-state index contributed by atoms with van der Waals surface area (Å²) in [5, 5.41) is 7.60. The van der Waals surface area contributed by atoms with Gasteiger partial charge >= 0.3 is 6.18 Å². The summed E-state index contributed by atoms with van der Waals surface area (Å²) in [4.78, 5) is 13.7. The summed E-state index contributed by atoms with van der Waals surface area (Å²) in [5.41, 5.74) is -0.490. The number of sulfonamides is 1. The summed E-state index contributed by atoms with van der Waals surface area (Å²) in [6, 6.07) is 9.78. The van der Waals surface area contributed by atoms with Gasteiger partial charge < -0.3 is 5.32 Å². The highest BCUT2D eigenvalue weighted by Gasteiger charge is 2.33. The molecule has 3 N–H and O–H groups in total. The highest BCUT2D eigenvalue weighted by atomic mass is 32.2. The van der Waals surface area contributed by atoms with E-state index in [2.05, 4.69) is 5.32 Å². The number of likely N-dealkylation sites (N-methyl/N-ethyl adjacent to an activating group) is 1. The van der Waals surface area contributed by atoms with Crippen molar-refractivity contribution in [3.63, 3.8) is 0 Å². The zero-order chi connectivity index (χ0) is 21.1. The van der Waals surface area contributed by atoms with Crippen LogP contribution in [0.3, 0.4) is 0 Å². The summed E-state index contributed by atoms with van der Waals surface area (Å²) in [6.07, 6.45) is -4.49. The molecule has 0 saturated heterocycles. The summed E-state index contributed by atoms with van der Waals surface area (Å²) in [7, 11) is -2.40. The number of carbonyl (C=O) groups is 1. The van der Waals surface area contributed by atoms with Gasteiger partial charge in [-0.15, -0.1) is 0 Å². The second kappa shape index (κ2) is 8.29. The fourth-order valence-corrected chi connectivity index (χ4v) is 3.10. The highest BCUT2D eigenvalue weighted by Crippen LogP contribution is 2.32. The highest BCUT2D eigenvalue weighted by molar-refractivity contribution is 7.89. The number of anilines is 1. The second-order valence-electron chi connectivity index (χ2n) is 6.31. The van der Waals surface area contributed by atoms with Crippen molar-refractivity contribution in [3.8, 4) is 0 Å². The Balaban J connectivity index is 2.12. The Hall–Kier alpha value is -2.43. The number of nitrogens with two attached hydrogens (primary N) is 1. The molecular weight excluding hydrogens is 395 g/mol. The SMILES string of the molecule is CC(C(=O)Nc1cccc(S(N)(=O)=O)c1)N(C)Cc1ccccc1C(F)(F)F. The number of rotatable bonds is 6. The molecule has 0 spiro atoms. The Kier molecular flexibility index (Phi) is 6.48. The molecule has 0 saturated carbocycles. The molecular formula is C18H20F3N3O3S. The maximum atomic E-state index is 13.1. The number of alkyl halides is 3. The monoisotopic (exact) mass is 415 g/mol. The van der Waals surface area contributed by atoms with Crippen LogP contribution in [-0.4, -0.2) is 32.3 Å². The molecule has 152 valence electrons. The predicted molar refractivity (Wildman–Crippen MR) is 98.8 cm³/mol. The summed E-state index contributed by atoms with van der Waals surface area (Å²) in [6.45, 7) is 1.44. The Bertz CT molecular complexity index is 962. The minimum atomic E-state index is -4.49. The lowest BCUT2D eigenvalue weighted by Gasteiger charge is -2.25. The van der Waals surface area contributed by atoms with Crippen LogP contribution in [0.1, 0.15) is 18.1 Å². The molecule has 0 aliphatic rings. The first-order valence-electron chi connectivity index (χ1n) is 8.18. The van der Waals surface area contributed by atoms with E-state index >= 15 is 0 Å². The first kappa shape index (κ1) is 21.9. The predicted octanol–water partition coefficient (Wildman–Crippen LogP) is 2.81. The zero-order valence-corrected chi connectivity index (χ0v) is 16.0. The fraction of sp³-hybridized carbons (Fsp3) is 0.278. The third kappa shape index (κ3) is 5.54. The Morgan fingerprint density at radius 3 is 2.43 bits per heavy atom. The van der Waals surface area contributed by atoms with Gasteiger partial charge in [-0.25, -0.2) is 13.6 Å². The van der Waals surface area contributed by atoms with Crippen LogP contribution >= 0.6 is 0 Å². The van der Waals surface area contributed by atoms with Gasteiger partial charge in [0, 0.05) is 12.2 Å². The third-order valence-electron chi connectivity index (χ3n) is 4.21. The Morgan fingerprint density at radius 1 is 1.18 bits per heavy atom. The molecule has 6 nitrogen and oxygen atoms in total. The van der Waals surface area contributed by atoms with Gasteiger partial charge in [0.05, 0.1) is 16.5 Å². The maximum absolute atomic E-state index is 13.1. The van der Waals surface area contributed by atoms with Crippen molar-refractivity contribution in [2.45, 2.75) is 30.6 Å². The molecule has 10 heteroatoms. The Morgan fingerprint density at radius 2 is 1.82 bits per heavy atom. The van der Waals surface area contributed by atoms with Crippen molar-refractivity contribution in [1.29, 1.82) is 0 Å². The van der Waals surface area contributed by atoms with Crippen molar-refractivity contribution in [1.82, 2.24) is 4.90 Å². The molecule has 0 bridgehead atoms. The smallest absolute Gasteiger partial charge is 0.325 e. The summed E-state index contributed by atoms with van der Waals surface area (Å²) < 4.78 is 62.2. The van der Waals surface area contributed by atoms with Crippen LogP contribution in [0.4, 0.5) is 18.9 Å². The van der Waals surface area contributed by atoms with Crippen molar-refractivity contribution in [3.05, 3.63) is 59.7 Å². The first-order valence-corrected chi connectivity index (χ1v) is 9.73. The molecule has 1 atom stereocenters. The number of halogens is 3. The maximum Gasteiger partial charge on any atom is 0.416 e. The van der Waals surface area contributed by atoms with Crippen molar-refractivity contribution in [2.75, 3.05) is 12.4 Å². The van der Waals surface area contributed by atoms with E-state index in [9.17, 15) is 26.4 Å². The molecule has 0 heterocycles. The number of carbonyl (C=O) groups excluding carboxylic acids is 1. The first-order chi connectivity index (χ1) is 12.9. The summed E-state index contributed by atoms with van der Waals surface area (Å²) >= 11 is 0. The van der Waals surface area contributed by atoms with Crippen LogP contribution in [0, 0.1) is 0 Å². The van der Waals surface area contributed by atoms with Gasteiger partial charge in [0.1, 0.15) is 0 Å². The minimum Gasteiger partial charge on any atom is -0.325 e. The van der Waals surface area contributed by atoms with Crippen LogP contribution in [-0.2, 0) is 27.5 Å². The lowest BCUT2D eigenvalue weighted by atomic mass is 10.1. The van der Waals surface area contributed by atoms with Gasteiger partial charge in [-0.3, -0.25) is 9.69 Å². The van der Waals surface area contributed by atoms with Crippen LogP contribution in [0.5, 0.6) is 0 Å². The van der Waals surface area contributed by atoms with E-state index in [4.69, 9.17) is 5.14 Å². The average molecular weight is 415 g/mol. The van der Waals surface area contributed by atoms with E-state index in [0.29, 0.717) is 0 Å². The molecule has 1 unspecified atom stereocenters. The van der Waals surface area contributed by atoms with Crippen molar-refractivity contribution < 1.29 is 26.4 Å². The number of hydrogen-bond donors (Lipinski definition) is 2. The molecule has 2 aromatic rings.